The summed E-state index contributed by atoms with van der Waals surface area (Å²) in [5, 5.41) is 15.4. The molecule has 2 heterocycles. The number of aromatic nitrogens is 1. The zero-order valence-electron chi connectivity index (χ0n) is 12.3. The number of hydrogen-bond acceptors (Lipinski definition) is 6. The van der Waals surface area contributed by atoms with E-state index in [9.17, 15) is 14.4 Å². The maximum absolute atomic E-state index is 12.0. The van der Waals surface area contributed by atoms with Gasteiger partial charge in [-0.2, -0.15) is 0 Å². The average molecular weight is 353 g/mol. The number of thiazole rings is 1. The Labute approximate surface area is 140 Å². The van der Waals surface area contributed by atoms with E-state index in [2.05, 4.69) is 10.3 Å². The lowest BCUT2D eigenvalue weighted by atomic mass is 10.4. The van der Waals surface area contributed by atoms with Crippen LogP contribution in [0.5, 0.6) is 0 Å². The van der Waals surface area contributed by atoms with Gasteiger partial charge in [-0.05, 0) is 11.4 Å². The fourth-order valence-electron chi connectivity index (χ4n) is 1.76. The van der Waals surface area contributed by atoms with E-state index in [-0.39, 0.29) is 24.1 Å². The highest BCUT2D eigenvalue weighted by Gasteiger charge is 2.15. The summed E-state index contributed by atoms with van der Waals surface area (Å²) >= 11 is 2.57. The van der Waals surface area contributed by atoms with E-state index in [0.717, 1.165) is 0 Å². The zero-order chi connectivity index (χ0) is 16.8. The fourth-order valence-corrected chi connectivity index (χ4v) is 3.25. The van der Waals surface area contributed by atoms with Crippen LogP contribution in [0.1, 0.15) is 25.2 Å². The van der Waals surface area contributed by atoms with Crippen LogP contribution in [0.25, 0.3) is 0 Å². The zero-order valence-corrected chi connectivity index (χ0v) is 13.9. The number of nitrogens with one attached hydrogen (secondary N) is 1. The van der Waals surface area contributed by atoms with Crippen molar-refractivity contribution in [3.63, 3.8) is 0 Å². The Hall–Kier alpha value is -2.26. The molecule has 2 aromatic rings. The molecule has 0 unspecified atom stereocenters. The number of rotatable bonds is 7. The number of likely N-dealkylation sites (N-methyl/N-ethyl adjacent to an activating group) is 1. The molecule has 2 N–H and O–H groups in total. The predicted molar refractivity (Wildman–Crippen MR) is 87.1 cm³/mol. The number of hydrogen-bond donors (Lipinski definition) is 2. The second-order valence-corrected chi connectivity index (χ2v) is 6.56. The van der Waals surface area contributed by atoms with E-state index in [0.29, 0.717) is 22.9 Å². The van der Waals surface area contributed by atoms with Gasteiger partial charge in [0.2, 0.25) is 5.91 Å². The van der Waals surface area contributed by atoms with E-state index in [1.54, 1.807) is 24.6 Å². The minimum atomic E-state index is -1.06. The van der Waals surface area contributed by atoms with Crippen molar-refractivity contribution in [2.75, 3.05) is 20.1 Å². The van der Waals surface area contributed by atoms with Crippen molar-refractivity contribution in [3.05, 3.63) is 38.5 Å². The van der Waals surface area contributed by atoms with Gasteiger partial charge in [-0.15, -0.1) is 22.7 Å². The first-order valence-corrected chi connectivity index (χ1v) is 8.46. The molecule has 0 saturated heterocycles. The fraction of sp³-hybridized carbons (Fsp3) is 0.286. The molecule has 2 amide bonds. The molecule has 2 aromatic heterocycles. The lowest BCUT2D eigenvalue weighted by Crippen LogP contribution is -2.38. The molecule has 0 aliphatic rings. The molecule has 122 valence electrons. The summed E-state index contributed by atoms with van der Waals surface area (Å²) in [6, 6.07) is 3.50. The first-order chi connectivity index (χ1) is 11.0. The Morgan fingerprint density at radius 1 is 1.35 bits per heavy atom. The molecule has 23 heavy (non-hydrogen) atoms. The topological polar surface area (TPSA) is 99.6 Å². The Kier molecular flexibility index (Phi) is 5.83. The highest BCUT2D eigenvalue weighted by Crippen LogP contribution is 2.11. The van der Waals surface area contributed by atoms with Gasteiger partial charge in [0.15, 0.2) is 5.69 Å². The molecule has 0 aliphatic heterocycles. The third kappa shape index (κ3) is 4.86. The van der Waals surface area contributed by atoms with Crippen molar-refractivity contribution in [1.29, 1.82) is 0 Å². The number of nitrogens with zero attached hydrogens (tertiary/aromatic N) is 2. The number of carboxylic acids is 1. The normalized spacial score (nSPS) is 10.3. The van der Waals surface area contributed by atoms with Gasteiger partial charge in [0.05, 0.1) is 16.4 Å². The van der Waals surface area contributed by atoms with E-state index >= 15 is 0 Å². The largest absolute Gasteiger partial charge is 0.476 e. The van der Waals surface area contributed by atoms with Gasteiger partial charge >= 0.3 is 5.97 Å². The molecule has 0 atom stereocenters. The van der Waals surface area contributed by atoms with Gasteiger partial charge < -0.3 is 15.3 Å². The summed E-state index contributed by atoms with van der Waals surface area (Å²) in [6.07, 6.45) is 0.451. The van der Waals surface area contributed by atoms with Crippen LogP contribution in [0.2, 0.25) is 0 Å². The quantitative estimate of drug-likeness (QED) is 0.782. The maximum atomic E-state index is 12.0. The molecular formula is C14H15N3O4S2. The lowest BCUT2D eigenvalue weighted by Gasteiger charge is -2.15. The van der Waals surface area contributed by atoms with Crippen molar-refractivity contribution >= 4 is 40.5 Å². The number of thiophene rings is 1. The van der Waals surface area contributed by atoms with Crippen LogP contribution < -0.4 is 5.32 Å². The Bertz CT molecular complexity index is 697. The van der Waals surface area contributed by atoms with Crippen LogP contribution >= 0.6 is 22.7 Å². The van der Waals surface area contributed by atoms with Crippen LogP contribution in [-0.2, 0) is 11.2 Å². The van der Waals surface area contributed by atoms with Gasteiger partial charge in [0.25, 0.3) is 5.91 Å². The van der Waals surface area contributed by atoms with Gasteiger partial charge in [-0.1, -0.05) is 6.07 Å². The second-order valence-electron chi connectivity index (χ2n) is 4.67. The monoisotopic (exact) mass is 353 g/mol. The van der Waals surface area contributed by atoms with E-state index in [4.69, 9.17) is 5.11 Å². The van der Waals surface area contributed by atoms with Crippen LogP contribution in [-0.4, -0.2) is 52.9 Å². The third-order valence-electron chi connectivity index (χ3n) is 2.89. The summed E-state index contributed by atoms with van der Waals surface area (Å²) in [6.45, 7) is 0.307. The van der Waals surface area contributed by atoms with Crippen molar-refractivity contribution in [2.24, 2.45) is 0 Å². The highest BCUT2D eigenvalue weighted by molar-refractivity contribution is 7.12. The summed E-state index contributed by atoms with van der Waals surface area (Å²) in [7, 11) is 1.57. The van der Waals surface area contributed by atoms with E-state index in [1.807, 2.05) is 0 Å². The third-order valence-corrected chi connectivity index (χ3v) is 4.66. The SMILES string of the molecule is CN(CC(=O)NCCc1nc(C(=O)O)cs1)C(=O)c1cccs1. The second kappa shape index (κ2) is 7.84. The van der Waals surface area contributed by atoms with Gasteiger partial charge in [-0.3, -0.25) is 9.59 Å². The highest BCUT2D eigenvalue weighted by atomic mass is 32.1. The van der Waals surface area contributed by atoms with Crippen LogP contribution in [0, 0.1) is 0 Å². The molecule has 0 spiro atoms. The van der Waals surface area contributed by atoms with Gasteiger partial charge in [0.1, 0.15) is 0 Å². The van der Waals surface area contributed by atoms with Crippen LogP contribution in [0.3, 0.4) is 0 Å². The van der Waals surface area contributed by atoms with Crippen molar-refractivity contribution in [3.8, 4) is 0 Å². The van der Waals surface area contributed by atoms with Crippen molar-refractivity contribution in [2.45, 2.75) is 6.42 Å². The van der Waals surface area contributed by atoms with Gasteiger partial charge in [0, 0.05) is 25.4 Å². The number of carbonyl (C=O) groups is 3. The average Bonchev–Trinajstić information content (AvgIpc) is 3.17. The van der Waals surface area contributed by atoms with Crippen molar-refractivity contribution < 1.29 is 19.5 Å². The molecule has 0 radical (unpaired) electrons. The summed E-state index contributed by atoms with van der Waals surface area (Å²) in [5.41, 5.74) is 0.0117. The molecule has 7 nitrogen and oxygen atoms in total. The molecule has 0 bridgehead atoms. The predicted octanol–water partition coefficient (Wildman–Crippen LogP) is 1.33. The maximum Gasteiger partial charge on any atom is 0.355 e. The molecule has 9 heteroatoms. The summed E-state index contributed by atoms with van der Waals surface area (Å²) in [4.78, 5) is 40.4. The van der Waals surface area contributed by atoms with Crippen LogP contribution in [0.4, 0.5) is 0 Å². The number of amides is 2. The molecule has 0 saturated carbocycles. The number of carboxylic acid groups (broad SMARTS) is 1. The number of carbonyl (C=O) groups excluding carboxylic acids is 2. The minimum absolute atomic E-state index is 0.0117. The van der Waals surface area contributed by atoms with Crippen molar-refractivity contribution in [1.82, 2.24) is 15.2 Å². The Morgan fingerprint density at radius 3 is 2.74 bits per heavy atom. The molecular weight excluding hydrogens is 338 g/mol. The summed E-state index contributed by atoms with van der Waals surface area (Å²) < 4.78 is 0. The minimum Gasteiger partial charge on any atom is -0.476 e. The van der Waals surface area contributed by atoms with Crippen LogP contribution in [0.15, 0.2) is 22.9 Å². The van der Waals surface area contributed by atoms with Gasteiger partial charge in [-0.25, -0.2) is 9.78 Å². The number of aromatic carboxylic acids is 1. The standard InChI is InChI=1S/C14H15N3O4S2/c1-17(13(19)10-3-2-6-22-10)7-11(18)15-5-4-12-16-9(8-23-12)14(20)21/h2-3,6,8H,4-5,7H2,1H3,(H,15,18)(H,20,21). The molecule has 2 rings (SSSR count). The Morgan fingerprint density at radius 2 is 2.13 bits per heavy atom. The first-order valence-electron chi connectivity index (χ1n) is 6.70. The van der Waals surface area contributed by atoms with E-state index in [1.165, 1.54) is 33.0 Å². The molecule has 0 fully saturated rings. The lowest BCUT2D eigenvalue weighted by molar-refractivity contribution is -0.121. The van der Waals surface area contributed by atoms with E-state index < -0.39 is 5.97 Å². The first kappa shape index (κ1) is 17.1. The smallest absolute Gasteiger partial charge is 0.355 e. The Balaban J connectivity index is 1.74. The molecule has 0 aromatic carbocycles. The summed E-state index contributed by atoms with van der Waals surface area (Å²) in [5.74, 6) is -1.53. The molecule has 0 aliphatic carbocycles.